The van der Waals surface area contributed by atoms with E-state index in [0.29, 0.717) is 6.42 Å². The predicted molar refractivity (Wildman–Crippen MR) is 95.2 cm³/mol. The first-order valence-corrected chi connectivity index (χ1v) is 8.44. The molecular formula is C20H22O6. The average molecular weight is 358 g/mol. The molecule has 26 heavy (non-hydrogen) atoms. The molecule has 2 aromatic carbocycles. The van der Waals surface area contributed by atoms with Crippen LogP contribution in [0.5, 0.6) is 11.5 Å². The first kappa shape index (κ1) is 19.3. The van der Waals surface area contributed by atoms with Gasteiger partial charge in [0.2, 0.25) is 0 Å². The minimum absolute atomic E-state index is 0.109. The van der Waals surface area contributed by atoms with Gasteiger partial charge in [-0.05, 0) is 30.7 Å². The molecule has 0 spiro atoms. The van der Waals surface area contributed by atoms with E-state index in [-0.39, 0.29) is 17.9 Å². The summed E-state index contributed by atoms with van der Waals surface area (Å²) in [6, 6.07) is 16.4. The molecule has 2 rings (SSSR count). The second-order valence-corrected chi connectivity index (χ2v) is 5.84. The van der Waals surface area contributed by atoms with E-state index >= 15 is 0 Å². The molecule has 2 N–H and O–H groups in total. The third kappa shape index (κ3) is 4.53. The van der Waals surface area contributed by atoms with Gasteiger partial charge in [0.1, 0.15) is 17.4 Å². The first-order chi connectivity index (χ1) is 12.5. The summed E-state index contributed by atoms with van der Waals surface area (Å²) in [6.45, 7) is 1.90. The zero-order valence-electron chi connectivity index (χ0n) is 14.5. The molecule has 1 unspecified atom stereocenters. The molecule has 138 valence electrons. The zero-order chi connectivity index (χ0) is 19.0. The molecule has 1 atom stereocenters. The Morgan fingerprint density at radius 2 is 1.38 bits per heavy atom. The summed E-state index contributed by atoms with van der Waals surface area (Å²) in [6.07, 6.45) is 1.36. The number of hydrogen-bond donors (Lipinski definition) is 2. The van der Waals surface area contributed by atoms with Crippen LogP contribution in [0.15, 0.2) is 60.7 Å². The van der Waals surface area contributed by atoms with Gasteiger partial charge in [-0.15, -0.1) is 0 Å². The van der Waals surface area contributed by atoms with Crippen molar-refractivity contribution in [1.82, 2.24) is 0 Å². The third-order valence-electron chi connectivity index (χ3n) is 3.93. The van der Waals surface area contributed by atoms with Crippen LogP contribution >= 0.6 is 0 Å². The third-order valence-corrected chi connectivity index (χ3v) is 3.93. The summed E-state index contributed by atoms with van der Waals surface area (Å²) in [7, 11) is 0. The van der Waals surface area contributed by atoms with Crippen molar-refractivity contribution in [1.29, 1.82) is 0 Å². The van der Waals surface area contributed by atoms with Gasteiger partial charge in [0.15, 0.2) is 0 Å². The highest BCUT2D eigenvalue weighted by Crippen LogP contribution is 2.33. The van der Waals surface area contributed by atoms with Gasteiger partial charge in [-0.1, -0.05) is 56.2 Å². The van der Waals surface area contributed by atoms with Gasteiger partial charge < -0.3 is 19.7 Å². The Morgan fingerprint density at radius 3 is 1.73 bits per heavy atom. The summed E-state index contributed by atoms with van der Waals surface area (Å²) in [5.74, 6) is -6.12. The smallest absolute Gasteiger partial charge is 0.391 e. The lowest BCUT2D eigenvalue weighted by Crippen LogP contribution is -2.58. The van der Waals surface area contributed by atoms with E-state index in [0.717, 1.165) is 6.42 Å². The Kier molecular flexibility index (Phi) is 6.60. The Bertz CT molecular complexity index is 672. The van der Waals surface area contributed by atoms with Crippen molar-refractivity contribution in [2.24, 2.45) is 5.92 Å². The molecule has 0 amide bonds. The number of unbranched alkanes of at least 4 members (excludes halogenated alkanes) is 1. The summed E-state index contributed by atoms with van der Waals surface area (Å²) >= 11 is 0. The van der Waals surface area contributed by atoms with Crippen LogP contribution in [-0.2, 0) is 9.59 Å². The summed E-state index contributed by atoms with van der Waals surface area (Å²) in [5.41, 5.74) is 0. The highest BCUT2D eigenvalue weighted by atomic mass is 16.7. The molecule has 0 fully saturated rings. The first-order valence-electron chi connectivity index (χ1n) is 8.44. The largest absolute Gasteiger partial charge is 0.481 e. The average Bonchev–Trinajstić information content (AvgIpc) is 2.63. The van der Waals surface area contributed by atoms with Crippen molar-refractivity contribution in [3.05, 3.63) is 60.7 Å². The van der Waals surface area contributed by atoms with E-state index < -0.39 is 23.6 Å². The molecule has 0 aromatic heterocycles. The SMILES string of the molecule is CCCCC(C(=O)O)C(Oc1ccccc1)(Oc1ccccc1)C(=O)O. The van der Waals surface area contributed by atoms with Crippen LogP contribution in [0.2, 0.25) is 0 Å². The van der Waals surface area contributed by atoms with Crippen molar-refractivity contribution in [2.75, 3.05) is 0 Å². The van der Waals surface area contributed by atoms with E-state index in [1.807, 2.05) is 6.92 Å². The maximum absolute atomic E-state index is 12.2. The lowest BCUT2D eigenvalue weighted by atomic mass is 9.92. The number of para-hydroxylation sites is 2. The quantitative estimate of drug-likeness (QED) is 0.627. The molecule has 6 heteroatoms. The molecule has 0 radical (unpaired) electrons. The molecule has 0 saturated heterocycles. The van der Waals surface area contributed by atoms with Crippen molar-refractivity contribution in [3.8, 4) is 11.5 Å². The number of carbonyl (C=O) groups is 2. The van der Waals surface area contributed by atoms with E-state index in [9.17, 15) is 19.8 Å². The number of carboxylic acid groups (broad SMARTS) is 2. The number of rotatable bonds is 10. The standard InChI is InChI=1S/C20H22O6/c1-2-3-14-17(18(21)22)20(19(23)24,25-15-10-6-4-7-11-15)26-16-12-8-5-9-13-16/h4-13,17H,2-3,14H2,1H3,(H,21,22)(H,23,24). The fraction of sp³-hybridized carbons (Fsp3) is 0.300. The predicted octanol–water partition coefficient (Wildman–Crippen LogP) is 3.82. The van der Waals surface area contributed by atoms with E-state index in [1.54, 1.807) is 60.7 Å². The van der Waals surface area contributed by atoms with E-state index in [2.05, 4.69) is 0 Å². The number of ether oxygens (including phenoxy) is 2. The zero-order valence-corrected chi connectivity index (χ0v) is 14.5. The molecule has 0 saturated carbocycles. The monoisotopic (exact) mass is 358 g/mol. The second-order valence-electron chi connectivity index (χ2n) is 5.84. The van der Waals surface area contributed by atoms with Crippen LogP contribution in [0.3, 0.4) is 0 Å². The lowest BCUT2D eigenvalue weighted by Gasteiger charge is -2.35. The fourth-order valence-electron chi connectivity index (χ4n) is 2.61. The van der Waals surface area contributed by atoms with E-state index in [4.69, 9.17) is 9.47 Å². The lowest BCUT2D eigenvalue weighted by molar-refractivity contribution is -0.207. The number of hydrogen-bond acceptors (Lipinski definition) is 4. The molecule has 6 nitrogen and oxygen atoms in total. The fourth-order valence-corrected chi connectivity index (χ4v) is 2.61. The highest BCUT2D eigenvalue weighted by molar-refractivity contribution is 5.85. The second kappa shape index (κ2) is 8.89. The normalized spacial score (nSPS) is 12.2. The summed E-state index contributed by atoms with van der Waals surface area (Å²) in [4.78, 5) is 24.1. The minimum Gasteiger partial charge on any atom is -0.481 e. The van der Waals surface area contributed by atoms with Gasteiger partial charge >= 0.3 is 17.7 Å². The van der Waals surface area contributed by atoms with Crippen LogP contribution in [0.25, 0.3) is 0 Å². The molecular weight excluding hydrogens is 336 g/mol. The summed E-state index contributed by atoms with van der Waals surface area (Å²) in [5, 5.41) is 19.7. The van der Waals surface area contributed by atoms with Gasteiger partial charge in [-0.2, -0.15) is 0 Å². The molecule has 0 aliphatic heterocycles. The Hall–Kier alpha value is -3.02. The molecule has 2 aromatic rings. The molecule has 0 aliphatic carbocycles. The van der Waals surface area contributed by atoms with Crippen molar-refractivity contribution in [2.45, 2.75) is 32.0 Å². The van der Waals surface area contributed by atoms with Crippen LogP contribution < -0.4 is 9.47 Å². The Morgan fingerprint density at radius 1 is 0.923 bits per heavy atom. The maximum Gasteiger partial charge on any atom is 0.391 e. The van der Waals surface area contributed by atoms with Crippen molar-refractivity contribution >= 4 is 11.9 Å². The van der Waals surface area contributed by atoms with Gasteiger partial charge in [0.25, 0.3) is 0 Å². The molecule has 0 bridgehead atoms. The number of carboxylic acids is 2. The number of benzene rings is 2. The van der Waals surface area contributed by atoms with Crippen LogP contribution in [-0.4, -0.2) is 27.9 Å². The van der Waals surface area contributed by atoms with Crippen LogP contribution in [0, 0.1) is 5.92 Å². The van der Waals surface area contributed by atoms with Gasteiger partial charge in [0, 0.05) is 0 Å². The van der Waals surface area contributed by atoms with Gasteiger partial charge in [-0.25, -0.2) is 4.79 Å². The Labute approximate surface area is 152 Å². The molecule has 0 aliphatic rings. The minimum atomic E-state index is -2.39. The molecule has 0 heterocycles. The van der Waals surface area contributed by atoms with Crippen LogP contribution in [0.4, 0.5) is 0 Å². The van der Waals surface area contributed by atoms with Gasteiger partial charge in [-0.3, -0.25) is 4.79 Å². The van der Waals surface area contributed by atoms with Crippen molar-refractivity contribution < 1.29 is 29.3 Å². The Balaban J connectivity index is 2.51. The summed E-state index contributed by atoms with van der Waals surface area (Å²) < 4.78 is 11.4. The van der Waals surface area contributed by atoms with Gasteiger partial charge in [0.05, 0.1) is 0 Å². The topological polar surface area (TPSA) is 93.1 Å². The maximum atomic E-state index is 12.2. The number of aliphatic carboxylic acids is 2. The van der Waals surface area contributed by atoms with Crippen molar-refractivity contribution in [3.63, 3.8) is 0 Å². The van der Waals surface area contributed by atoms with E-state index in [1.165, 1.54) is 0 Å². The highest BCUT2D eigenvalue weighted by Gasteiger charge is 2.55. The van der Waals surface area contributed by atoms with Crippen LogP contribution in [0.1, 0.15) is 26.2 Å².